The lowest BCUT2D eigenvalue weighted by atomic mass is 10.2. The van der Waals surface area contributed by atoms with E-state index in [1.165, 1.54) is 0 Å². The molecule has 192 valence electrons. The van der Waals surface area contributed by atoms with Gasteiger partial charge in [-0.2, -0.15) is 13.2 Å². The van der Waals surface area contributed by atoms with Crippen LogP contribution < -0.4 is 5.73 Å². The van der Waals surface area contributed by atoms with Gasteiger partial charge < -0.3 is 25.5 Å². The summed E-state index contributed by atoms with van der Waals surface area (Å²) in [6.45, 7) is 3.81. The Morgan fingerprint density at radius 2 is 1.27 bits per heavy atom. The maximum atomic E-state index is 11.8. The van der Waals surface area contributed by atoms with Crippen LogP contribution in [0.3, 0.4) is 0 Å². The normalized spacial score (nSPS) is 10.7. The highest BCUT2D eigenvalue weighted by Crippen LogP contribution is 2.30. The molecule has 0 aliphatic heterocycles. The lowest BCUT2D eigenvalue weighted by Crippen LogP contribution is -2.03. The first-order valence-electron chi connectivity index (χ1n) is 11.0. The number of halogens is 3. The average molecular weight is 511 g/mol. The molecule has 37 heavy (non-hydrogen) atoms. The van der Waals surface area contributed by atoms with Crippen molar-refractivity contribution in [3.63, 3.8) is 0 Å². The summed E-state index contributed by atoms with van der Waals surface area (Å²) < 4.78 is 41.2. The largest absolute Gasteiger partial charge is 0.508 e. The molecule has 0 bridgehead atoms. The number of aromatic nitrogens is 1. The minimum absolute atomic E-state index is 0.169. The van der Waals surface area contributed by atoms with Gasteiger partial charge in [0.15, 0.2) is 5.58 Å². The minimum atomic E-state index is -4.33. The Hall–Kier alpha value is -4.66. The third-order valence-electron chi connectivity index (χ3n) is 5.19. The second-order valence-corrected chi connectivity index (χ2v) is 8.05. The Morgan fingerprint density at radius 3 is 1.78 bits per heavy atom. The first-order valence-corrected chi connectivity index (χ1v) is 11.0. The molecular formula is C28H25F3N2O4. The fraction of sp³-hybridized carbons (Fsp3) is 0.107. The number of phenolic OH excluding ortho intramolecular Hbond substituents is 3. The highest BCUT2D eigenvalue weighted by Gasteiger charge is 2.29. The maximum absolute atomic E-state index is 11.8. The summed E-state index contributed by atoms with van der Waals surface area (Å²) in [4.78, 5) is 4.43. The monoisotopic (exact) mass is 510 g/mol. The Balaban J connectivity index is 0.000000165. The van der Waals surface area contributed by atoms with E-state index in [-0.39, 0.29) is 17.2 Å². The first-order chi connectivity index (χ1) is 17.5. The molecule has 0 radical (unpaired) electrons. The van der Waals surface area contributed by atoms with Gasteiger partial charge in [-0.05, 0) is 85.6 Å². The first kappa shape index (κ1) is 26.9. The van der Waals surface area contributed by atoms with Gasteiger partial charge in [0.1, 0.15) is 22.8 Å². The second-order valence-electron chi connectivity index (χ2n) is 8.05. The van der Waals surface area contributed by atoms with Crippen molar-refractivity contribution in [2.75, 3.05) is 5.73 Å². The van der Waals surface area contributed by atoms with Crippen LogP contribution in [0.15, 0.2) is 89.3 Å². The van der Waals surface area contributed by atoms with Crippen LogP contribution in [0.2, 0.25) is 0 Å². The second kappa shape index (κ2) is 11.4. The summed E-state index contributed by atoms with van der Waals surface area (Å²) in [6, 6.07) is 21.7. The Bertz CT molecular complexity index is 1440. The summed E-state index contributed by atoms with van der Waals surface area (Å²) in [5, 5.41) is 27.0. The number of aromatic hydroxyl groups is 3. The number of phenols is 3. The Kier molecular flexibility index (Phi) is 8.29. The lowest BCUT2D eigenvalue weighted by Gasteiger charge is -2.04. The molecule has 5 N–H and O–H groups in total. The van der Waals surface area contributed by atoms with Gasteiger partial charge >= 0.3 is 6.18 Å². The molecule has 6 nitrogen and oxygen atoms in total. The number of alkyl halides is 3. The molecule has 0 saturated heterocycles. The zero-order chi connectivity index (χ0) is 27.2. The zero-order valence-corrected chi connectivity index (χ0v) is 20.0. The molecule has 0 aliphatic carbocycles. The van der Waals surface area contributed by atoms with Crippen molar-refractivity contribution < 1.29 is 32.9 Å². The van der Waals surface area contributed by atoms with Crippen LogP contribution in [-0.2, 0) is 6.18 Å². The van der Waals surface area contributed by atoms with Crippen molar-refractivity contribution >= 4 is 16.8 Å². The number of oxazole rings is 1. The van der Waals surface area contributed by atoms with Crippen LogP contribution in [0.4, 0.5) is 18.9 Å². The quantitative estimate of drug-likeness (QED) is 0.140. The van der Waals surface area contributed by atoms with Crippen molar-refractivity contribution in [1.29, 1.82) is 0 Å². The van der Waals surface area contributed by atoms with Crippen LogP contribution in [0.25, 0.3) is 22.6 Å². The molecular weight excluding hydrogens is 485 g/mol. The van der Waals surface area contributed by atoms with Gasteiger partial charge in [0.2, 0.25) is 5.89 Å². The summed E-state index contributed by atoms with van der Waals surface area (Å²) in [6.07, 6.45) is -4.33. The van der Waals surface area contributed by atoms with E-state index in [0.29, 0.717) is 11.6 Å². The third kappa shape index (κ3) is 7.17. The Morgan fingerprint density at radius 1 is 0.730 bits per heavy atom. The van der Waals surface area contributed by atoms with Crippen molar-refractivity contribution in [2.45, 2.75) is 20.0 Å². The van der Waals surface area contributed by atoms with Gasteiger partial charge in [-0.15, -0.1) is 0 Å². The molecule has 0 saturated carbocycles. The SMILES string of the molecule is Cc1cccc(N)c1O.Cc1cccc2nc(-c3ccc(O)cc3)oc12.Oc1ccc(C(F)(F)F)cc1. The molecule has 5 aromatic rings. The van der Waals surface area contributed by atoms with Crippen molar-refractivity contribution in [3.05, 3.63) is 102 Å². The van der Waals surface area contributed by atoms with Gasteiger partial charge in [0.05, 0.1) is 11.3 Å². The molecule has 0 aliphatic rings. The van der Waals surface area contributed by atoms with Gasteiger partial charge in [0.25, 0.3) is 0 Å². The molecule has 1 heterocycles. The molecule has 0 atom stereocenters. The van der Waals surface area contributed by atoms with Crippen LogP contribution in [0.5, 0.6) is 17.2 Å². The Labute approximate surface area is 211 Å². The zero-order valence-electron chi connectivity index (χ0n) is 20.0. The molecule has 1 aromatic heterocycles. The van der Waals surface area contributed by atoms with Gasteiger partial charge in [-0.3, -0.25) is 0 Å². The number of hydrogen-bond acceptors (Lipinski definition) is 6. The molecule has 0 amide bonds. The van der Waals surface area contributed by atoms with E-state index in [1.807, 2.05) is 44.2 Å². The number of rotatable bonds is 1. The van der Waals surface area contributed by atoms with Crippen LogP contribution in [0, 0.1) is 13.8 Å². The van der Waals surface area contributed by atoms with E-state index in [0.717, 1.165) is 52.1 Å². The van der Waals surface area contributed by atoms with E-state index in [9.17, 15) is 18.3 Å². The van der Waals surface area contributed by atoms with Crippen molar-refractivity contribution in [2.24, 2.45) is 0 Å². The van der Waals surface area contributed by atoms with E-state index in [2.05, 4.69) is 4.98 Å². The van der Waals surface area contributed by atoms with Crippen molar-refractivity contribution in [1.82, 2.24) is 4.98 Å². The fourth-order valence-electron chi connectivity index (χ4n) is 3.15. The number of benzene rings is 4. The smallest absolute Gasteiger partial charge is 0.416 e. The highest BCUT2D eigenvalue weighted by atomic mass is 19.4. The summed E-state index contributed by atoms with van der Waals surface area (Å²) in [5.74, 6) is 0.839. The summed E-state index contributed by atoms with van der Waals surface area (Å²) in [7, 11) is 0. The number of nitrogen functional groups attached to an aromatic ring is 1. The summed E-state index contributed by atoms with van der Waals surface area (Å²) >= 11 is 0. The number of aryl methyl sites for hydroxylation is 2. The predicted octanol–water partition coefficient (Wildman–Crippen LogP) is 7.20. The molecule has 4 aromatic carbocycles. The van der Waals surface area contributed by atoms with Crippen LogP contribution in [0.1, 0.15) is 16.7 Å². The van der Waals surface area contributed by atoms with Gasteiger partial charge in [-0.25, -0.2) is 4.98 Å². The van der Waals surface area contributed by atoms with E-state index < -0.39 is 11.7 Å². The predicted molar refractivity (Wildman–Crippen MR) is 136 cm³/mol. The number of para-hydroxylation sites is 2. The number of nitrogens with zero attached hydrogens (tertiary/aromatic N) is 1. The minimum Gasteiger partial charge on any atom is -0.508 e. The van der Waals surface area contributed by atoms with Gasteiger partial charge in [0, 0.05) is 5.56 Å². The lowest BCUT2D eigenvalue weighted by molar-refractivity contribution is -0.137. The topological polar surface area (TPSA) is 113 Å². The number of anilines is 1. The molecule has 5 rings (SSSR count). The number of fused-ring (bicyclic) bond motifs is 1. The standard InChI is InChI=1S/C14H11NO2.C7H5F3O.C7H9NO/c1-9-3-2-4-12-13(9)17-14(15-12)10-5-7-11(16)8-6-10;8-7(9,10)5-1-3-6(11)4-2-5;1-5-3-2-4-6(8)7(5)9/h2-8,16H,1H3;1-4,11H;2-4,9H,8H2,1H3. The highest BCUT2D eigenvalue weighted by molar-refractivity contribution is 5.79. The number of hydrogen-bond donors (Lipinski definition) is 4. The molecule has 0 spiro atoms. The average Bonchev–Trinajstić information content (AvgIpc) is 3.29. The van der Waals surface area contributed by atoms with Gasteiger partial charge in [-0.1, -0.05) is 24.3 Å². The van der Waals surface area contributed by atoms with Crippen LogP contribution in [-0.4, -0.2) is 20.3 Å². The molecule has 0 fully saturated rings. The van der Waals surface area contributed by atoms with Crippen LogP contribution >= 0.6 is 0 Å². The number of nitrogens with two attached hydrogens (primary N) is 1. The van der Waals surface area contributed by atoms with E-state index >= 15 is 0 Å². The van der Waals surface area contributed by atoms with Crippen molar-refractivity contribution in [3.8, 4) is 28.7 Å². The fourth-order valence-corrected chi connectivity index (χ4v) is 3.15. The van der Waals surface area contributed by atoms with E-state index in [1.54, 1.807) is 30.3 Å². The maximum Gasteiger partial charge on any atom is 0.416 e. The molecule has 0 unspecified atom stereocenters. The third-order valence-corrected chi connectivity index (χ3v) is 5.19. The summed E-state index contributed by atoms with van der Waals surface area (Å²) in [5.41, 5.74) is 9.47. The van der Waals surface area contributed by atoms with E-state index in [4.69, 9.17) is 20.4 Å². The molecule has 9 heteroatoms.